The van der Waals surface area contributed by atoms with Crippen molar-refractivity contribution in [3.63, 3.8) is 0 Å². The molecule has 1 aromatic rings. The second-order valence-corrected chi connectivity index (χ2v) is 5.73. The summed E-state index contributed by atoms with van der Waals surface area (Å²) in [5, 5.41) is 0. The van der Waals surface area contributed by atoms with Gasteiger partial charge in [-0.2, -0.15) is 0 Å². The topological polar surface area (TPSA) is 28.6 Å². The molecule has 2 aliphatic heterocycles. The monoisotopic (exact) mass is 261 g/mol. The first kappa shape index (κ1) is 12.7. The van der Waals surface area contributed by atoms with Crippen LogP contribution in [0.1, 0.15) is 26.2 Å². The van der Waals surface area contributed by atoms with Gasteiger partial charge in [0.15, 0.2) is 0 Å². The number of hydrogen-bond acceptors (Lipinski definition) is 4. The maximum Gasteiger partial charge on any atom is 0.139 e. The van der Waals surface area contributed by atoms with Crippen LogP contribution in [0.25, 0.3) is 0 Å². The number of rotatable bonds is 3. The smallest absolute Gasteiger partial charge is 0.139 e. The minimum absolute atomic E-state index is 0.404. The summed E-state index contributed by atoms with van der Waals surface area (Å²) in [5.74, 6) is 0.876. The third kappa shape index (κ3) is 2.29. The van der Waals surface area contributed by atoms with E-state index >= 15 is 0 Å². The lowest BCUT2D eigenvalue weighted by atomic mass is 9.96. The van der Waals surface area contributed by atoms with Crippen molar-refractivity contribution in [3.05, 3.63) is 18.5 Å². The minimum atomic E-state index is 0.404. The van der Waals surface area contributed by atoms with Crippen molar-refractivity contribution in [2.75, 3.05) is 38.2 Å². The van der Waals surface area contributed by atoms with E-state index in [1.165, 1.54) is 31.5 Å². The molecule has 0 amide bonds. The standard InChI is InChI=1S/C15H23N3O/c1-3-19-14-9-13(10-16-11-14)18-8-6-15(12-18)5-4-7-17(15)2/h9-11H,3-8,12H2,1-2H3/t15-/m0/s1. The Kier molecular flexibility index (Phi) is 3.35. The van der Waals surface area contributed by atoms with E-state index in [1.807, 2.05) is 13.1 Å². The van der Waals surface area contributed by atoms with E-state index in [-0.39, 0.29) is 0 Å². The van der Waals surface area contributed by atoms with Gasteiger partial charge < -0.3 is 9.64 Å². The first-order valence-electron chi connectivity index (χ1n) is 7.27. The molecule has 3 rings (SSSR count). The molecule has 4 nitrogen and oxygen atoms in total. The number of likely N-dealkylation sites (N-methyl/N-ethyl adjacent to an activating group) is 1. The van der Waals surface area contributed by atoms with Gasteiger partial charge in [0.05, 0.1) is 24.7 Å². The van der Waals surface area contributed by atoms with Crippen molar-refractivity contribution in [2.45, 2.75) is 31.7 Å². The zero-order chi connectivity index (χ0) is 13.3. The van der Waals surface area contributed by atoms with Crippen LogP contribution in [0.2, 0.25) is 0 Å². The van der Waals surface area contributed by atoms with Gasteiger partial charge in [-0.25, -0.2) is 0 Å². The number of nitrogens with zero attached hydrogens (tertiary/aromatic N) is 3. The molecule has 104 valence electrons. The molecule has 2 aliphatic rings. The summed E-state index contributed by atoms with van der Waals surface area (Å²) in [7, 11) is 2.27. The maximum absolute atomic E-state index is 5.54. The maximum atomic E-state index is 5.54. The van der Waals surface area contributed by atoms with Crippen LogP contribution >= 0.6 is 0 Å². The fourth-order valence-corrected chi connectivity index (χ4v) is 3.49. The van der Waals surface area contributed by atoms with Gasteiger partial charge in [0.25, 0.3) is 0 Å². The predicted octanol–water partition coefficient (Wildman–Crippen LogP) is 2.15. The molecule has 1 aromatic heterocycles. The number of hydrogen-bond donors (Lipinski definition) is 0. The first-order valence-corrected chi connectivity index (χ1v) is 7.27. The molecule has 0 bridgehead atoms. The lowest BCUT2D eigenvalue weighted by Gasteiger charge is -2.32. The first-order chi connectivity index (χ1) is 9.23. The van der Waals surface area contributed by atoms with Gasteiger partial charge in [-0.3, -0.25) is 9.88 Å². The zero-order valence-electron chi connectivity index (χ0n) is 11.9. The van der Waals surface area contributed by atoms with Crippen LogP contribution in [0.3, 0.4) is 0 Å². The molecule has 0 aliphatic carbocycles. The third-order valence-corrected chi connectivity index (χ3v) is 4.65. The Labute approximate surface area is 115 Å². The van der Waals surface area contributed by atoms with E-state index in [0.717, 1.165) is 18.8 Å². The summed E-state index contributed by atoms with van der Waals surface area (Å²) in [5.41, 5.74) is 1.60. The molecule has 0 saturated carbocycles. The summed E-state index contributed by atoms with van der Waals surface area (Å²) in [6.07, 6.45) is 7.68. The Morgan fingerprint density at radius 1 is 1.32 bits per heavy atom. The lowest BCUT2D eigenvalue weighted by molar-refractivity contribution is 0.198. The molecule has 0 N–H and O–H groups in total. The van der Waals surface area contributed by atoms with Gasteiger partial charge in [0.1, 0.15) is 5.75 Å². The second-order valence-electron chi connectivity index (χ2n) is 5.73. The average Bonchev–Trinajstić information content (AvgIpc) is 3.00. The van der Waals surface area contributed by atoms with Crippen molar-refractivity contribution >= 4 is 5.69 Å². The van der Waals surface area contributed by atoms with Gasteiger partial charge in [-0.15, -0.1) is 0 Å². The molecule has 1 atom stereocenters. The number of likely N-dealkylation sites (tertiary alicyclic amines) is 1. The Morgan fingerprint density at radius 2 is 2.21 bits per heavy atom. The Morgan fingerprint density at radius 3 is 2.95 bits per heavy atom. The van der Waals surface area contributed by atoms with Gasteiger partial charge in [0.2, 0.25) is 0 Å². The van der Waals surface area contributed by atoms with Gasteiger partial charge in [-0.1, -0.05) is 0 Å². The van der Waals surface area contributed by atoms with Crippen LogP contribution < -0.4 is 9.64 Å². The van der Waals surface area contributed by atoms with Crippen molar-refractivity contribution in [1.82, 2.24) is 9.88 Å². The zero-order valence-corrected chi connectivity index (χ0v) is 11.9. The second kappa shape index (κ2) is 5.00. The van der Waals surface area contributed by atoms with Crippen molar-refractivity contribution in [3.8, 4) is 5.75 Å². The highest BCUT2D eigenvalue weighted by atomic mass is 16.5. The van der Waals surface area contributed by atoms with Crippen LogP contribution in [0.15, 0.2) is 18.5 Å². The summed E-state index contributed by atoms with van der Waals surface area (Å²) >= 11 is 0. The van der Waals surface area contributed by atoms with E-state index in [0.29, 0.717) is 12.1 Å². The highest BCUT2D eigenvalue weighted by Crippen LogP contribution is 2.38. The normalized spacial score (nSPS) is 27.4. The molecule has 2 fully saturated rings. The Hall–Kier alpha value is -1.29. The number of ether oxygens (including phenoxy) is 1. The quantitative estimate of drug-likeness (QED) is 0.833. The molecule has 0 aromatic carbocycles. The minimum Gasteiger partial charge on any atom is -0.492 e. The number of pyridine rings is 1. The van der Waals surface area contributed by atoms with Crippen LogP contribution in [0.4, 0.5) is 5.69 Å². The SMILES string of the molecule is CCOc1cncc(N2CC[C@@]3(CCCN3C)C2)c1. The van der Waals surface area contributed by atoms with Gasteiger partial charge in [0, 0.05) is 24.7 Å². The average molecular weight is 261 g/mol. The number of anilines is 1. The molecule has 19 heavy (non-hydrogen) atoms. The van der Waals surface area contributed by atoms with E-state index in [2.05, 4.69) is 27.9 Å². The van der Waals surface area contributed by atoms with Gasteiger partial charge >= 0.3 is 0 Å². The van der Waals surface area contributed by atoms with Crippen molar-refractivity contribution in [1.29, 1.82) is 0 Å². The molecule has 4 heteroatoms. The summed E-state index contributed by atoms with van der Waals surface area (Å²) in [4.78, 5) is 9.31. The van der Waals surface area contributed by atoms with E-state index in [1.54, 1.807) is 6.20 Å². The molecule has 0 unspecified atom stereocenters. The van der Waals surface area contributed by atoms with E-state index in [9.17, 15) is 0 Å². The fraction of sp³-hybridized carbons (Fsp3) is 0.667. The number of aromatic nitrogens is 1. The molecular weight excluding hydrogens is 238 g/mol. The Balaban J connectivity index is 1.75. The third-order valence-electron chi connectivity index (χ3n) is 4.65. The van der Waals surface area contributed by atoms with E-state index < -0.39 is 0 Å². The highest BCUT2D eigenvalue weighted by molar-refractivity contribution is 5.50. The van der Waals surface area contributed by atoms with Crippen molar-refractivity contribution < 1.29 is 4.74 Å². The van der Waals surface area contributed by atoms with Crippen LogP contribution in [-0.2, 0) is 0 Å². The van der Waals surface area contributed by atoms with Crippen LogP contribution in [-0.4, -0.2) is 48.7 Å². The molecule has 0 radical (unpaired) electrons. The van der Waals surface area contributed by atoms with Crippen molar-refractivity contribution in [2.24, 2.45) is 0 Å². The van der Waals surface area contributed by atoms with Gasteiger partial charge in [-0.05, 0) is 39.8 Å². The van der Waals surface area contributed by atoms with E-state index in [4.69, 9.17) is 4.74 Å². The van der Waals surface area contributed by atoms with Crippen LogP contribution in [0.5, 0.6) is 5.75 Å². The molecule has 1 spiro atoms. The highest BCUT2D eigenvalue weighted by Gasteiger charge is 2.44. The largest absolute Gasteiger partial charge is 0.492 e. The lowest BCUT2D eigenvalue weighted by Crippen LogP contribution is -2.43. The van der Waals surface area contributed by atoms with Crippen LogP contribution in [0, 0.1) is 0 Å². The molecule has 3 heterocycles. The summed E-state index contributed by atoms with van der Waals surface area (Å²) < 4.78 is 5.54. The summed E-state index contributed by atoms with van der Waals surface area (Å²) in [6.45, 7) is 6.19. The fourth-order valence-electron chi connectivity index (χ4n) is 3.49. The molecule has 2 saturated heterocycles. The predicted molar refractivity (Wildman–Crippen MR) is 76.8 cm³/mol. The molecular formula is C15H23N3O. The summed E-state index contributed by atoms with van der Waals surface area (Å²) in [6, 6.07) is 2.12. The Bertz CT molecular complexity index is 451.